The SMILES string of the molecule is O=C(/C=C/c1ccc(F)c(Cl)c1)N1CCN([C@@H]2CCS(=O)(=O)C2)CC1. The lowest BCUT2D eigenvalue weighted by atomic mass is 10.1. The molecule has 136 valence electrons. The van der Waals surface area contributed by atoms with Gasteiger partial charge >= 0.3 is 0 Å². The summed E-state index contributed by atoms with van der Waals surface area (Å²) < 4.78 is 36.3. The second-order valence-corrected chi connectivity index (χ2v) is 9.06. The predicted molar refractivity (Wildman–Crippen MR) is 95.7 cm³/mol. The Morgan fingerprint density at radius 3 is 2.56 bits per heavy atom. The van der Waals surface area contributed by atoms with Crippen LogP contribution in [0.5, 0.6) is 0 Å². The van der Waals surface area contributed by atoms with Crippen LogP contribution >= 0.6 is 11.6 Å². The Balaban J connectivity index is 1.53. The monoisotopic (exact) mass is 386 g/mol. The number of carbonyl (C=O) groups excluding carboxylic acids is 1. The zero-order valence-electron chi connectivity index (χ0n) is 13.7. The molecule has 0 unspecified atom stereocenters. The van der Waals surface area contributed by atoms with Crippen LogP contribution in [0.3, 0.4) is 0 Å². The maximum Gasteiger partial charge on any atom is 0.246 e. The molecule has 3 rings (SSSR count). The summed E-state index contributed by atoms with van der Waals surface area (Å²) in [5.41, 5.74) is 0.662. The zero-order valence-corrected chi connectivity index (χ0v) is 15.3. The first-order valence-electron chi connectivity index (χ1n) is 8.20. The van der Waals surface area contributed by atoms with Gasteiger partial charge in [0.05, 0.1) is 16.5 Å². The van der Waals surface area contributed by atoms with E-state index in [1.807, 2.05) is 0 Å². The largest absolute Gasteiger partial charge is 0.337 e. The van der Waals surface area contributed by atoms with Gasteiger partial charge in [-0.1, -0.05) is 17.7 Å². The first-order valence-corrected chi connectivity index (χ1v) is 10.4. The molecule has 1 aromatic rings. The molecule has 2 aliphatic heterocycles. The summed E-state index contributed by atoms with van der Waals surface area (Å²) in [6.07, 6.45) is 3.75. The molecular weight excluding hydrogens is 367 g/mol. The van der Waals surface area contributed by atoms with Crippen LogP contribution in [-0.4, -0.2) is 67.9 Å². The fourth-order valence-corrected chi connectivity index (χ4v) is 5.21. The summed E-state index contributed by atoms with van der Waals surface area (Å²) >= 11 is 5.72. The summed E-state index contributed by atoms with van der Waals surface area (Å²) in [4.78, 5) is 16.2. The molecule has 1 atom stereocenters. The zero-order chi connectivity index (χ0) is 18.0. The summed E-state index contributed by atoms with van der Waals surface area (Å²) in [6.45, 7) is 2.51. The van der Waals surface area contributed by atoms with E-state index < -0.39 is 15.7 Å². The van der Waals surface area contributed by atoms with Gasteiger partial charge in [0.25, 0.3) is 0 Å². The Labute approximate surface area is 152 Å². The molecule has 0 N–H and O–H groups in total. The molecule has 0 aliphatic carbocycles. The smallest absolute Gasteiger partial charge is 0.246 e. The van der Waals surface area contributed by atoms with E-state index in [1.54, 1.807) is 17.0 Å². The van der Waals surface area contributed by atoms with Crippen molar-refractivity contribution in [3.63, 3.8) is 0 Å². The normalized spacial score (nSPS) is 24.1. The van der Waals surface area contributed by atoms with Crippen molar-refractivity contribution in [1.82, 2.24) is 9.80 Å². The van der Waals surface area contributed by atoms with Gasteiger partial charge in [-0.15, -0.1) is 0 Å². The van der Waals surface area contributed by atoms with Crippen LogP contribution in [0.15, 0.2) is 24.3 Å². The predicted octanol–water partition coefficient (Wildman–Crippen LogP) is 1.82. The lowest BCUT2D eigenvalue weighted by Crippen LogP contribution is -2.52. The first kappa shape index (κ1) is 18.4. The van der Waals surface area contributed by atoms with Gasteiger partial charge in [0.1, 0.15) is 5.82 Å². The number of hydrogen-bond donors (Lipinski definition) is 0. The molecule has 0 saturated carbocycles. The Morgan fingerprint density at radius 2 is 1.96 bits per heavy atom. The van der Waals surface area contributed by atoms with Crippen LogP contribution in [0.4, 0.5) is 4.39 Å². The number of carbonyl (C=O) groups is 1. The Morgan fingerprint density at radius 1 is 1.24 bits per heavy atom. The highest BCUT2D eigenvalue weighted by atomic mass is 35.5. The van der Waals surface area contributed by atoms with Gasteiger partial charge in [-0.2, -0.15) is 0 Å². The minimum absolute atomic E-state index is 0.0229. The molecule has 1 aromatic carbocycles. The van der Waals surface area contributed by atoms with Gasteiger partial charge in [-0.3, -0.25) is 9.69 Å². The summed E-state index contributed by atoms with van der Waals surface area (Å²) in [5, 5.41) is 0.0229. The molecular formula is C17H20ClFN2O3S. The van der Waals surface area contributed by atoms with Crippen molar-refractivity contribution in [2.75, 3.05) is 37.7 Å². The number of sulfone groups is 1. The Kier molecular flexibility index (Phi) is 5.46. The van der Waals surface area contributed by atoms with Crippen molar-refractivity contribution in [3.05, 3.63) is 40.7 Å². The Bertz CT molecular complexity index is 789. The van der Waals surface area contributed by atoms with Crippen molar-refractivity contribution < 1.29 is 17.6 Å². The fourth-order valence-electron chi connectivity index (χ4n) is 3.26. The van der Waals surface area contributed by atoms with Gasteiger partial charge in [0, 0.05) is 38.3 Å². The topological polar surface area (TPSA) is 57.7 Å². The second kappa shape index (κ2) is 7.43. The van der Waals surface area contributed by atoms with Crippen molar-refractivity contribution in [2.45, 2.75) is 12.5 Å². The molecule has 8 heteroatoms. The highest BCUT2D eigenvalue weighted by molar-refractivity contribution is 7.91. The molecule has 0 spiro atoms. The van der Waals surface area contributed by atoms with E-state index in [4.69, 9.17) is 11.6 Å². The Hall–Kier alpha value is -1.44. The van der Waals surface area contributed by atoms with E-state index in [-0.39, 0.29) is 28.5 Å². The molecule has 5 nitrogen and oxygen atoms in total. The standard InChI is InChI=1S/C17H20ClFN2O3S/c18-15-11-13(1-3-16(15)19)2-4-17(22)21-8-6-20(7-9-21)14-5-10-25(23,24)12-14/h1-4,11,14H,5-10,12H2/b4-2+/t14-/m1/s1. The molecule has 2 saturated heterocycles. The quantitative estimate of drug-likeness (QED) is 0.743. The van der Waals surface area contributed by atoms with Gasteiger partial charge < -0.3 is 4.90 Å². The maximum absolute atomic E-state index is 13.1. The van der Waals surface area contributed by atoms with Gasteiger partial charge in [-0.05, 0) is 30.2 Å². The highest BCUT2D eigenvalue weighted by Crippen LogP contribution is 2.20. The number of benzene rings is 1. The molecule has 0 radical (unpaired) electrons. The highest BCUT2D eigenvalue weighted by Gasteiger charge is 2.34. The molecule has 2 aliphatic rings. The molecule has 0 aromatic heterocycles. The minimum Gasteiger partial charge on any atom is -0.337 e. The summed E-state index contributed by atoms with van der Waals surface area (Å²) in [6, 6.07) is 4.38. The van der Waals surface area contributed by atoms with Crippen LogP contribution in [0.1, 0.15) is 12.0 Å². The van der Waals surface area contributed by atoms with Crippen LogP contribution in [0, 0.1) is 5.82 Å². The van der Waals surface area contributed by atoms with E-state index in [2.05, 4.69) is 4.90 Å². The third-order valence-electron chi connectivity index (χ3n) is 4.71. The van der Waals surface area contributed by atoms with Crippen molar-refractivity contribution in [2.24, 2.45) is 0 Å². The molecule has 2 fully saturated rings. The summed E-state index contributed by atoms with van der Waals surface area (Å²) in [7, 11) is -2.89. The average molecular weight is 387 g/mol. The lowest BCUT2D eigenvalue weighted by molar-refractivity contribution is -0.127. The van der Waals surface area contributed by atoms with E-state index >= 15 is 0 Å². The molecule has 25 heavy (non-hydrogen) atoms. The number of nitrogens with zero attached hydrogens (tertiary/aromatic N) is 2. The third kappa shape index (κ3) is 4.59. The van der Waals surface area contributed by atoms with Crippen LogP contribution in [0.25, 0.3) is 6.08 Å². The second-order valence-electron chi connectivity index (χ2n) is 6.42. The van der Waals surface area contributed by atoms with Crippen LogP contribution in [-0.2, 0) is 14.6 Å². The molecule has 2 heterocycles. The number of halogens is 2. The van der Waals surface area contributed by atoms with Crippen LogP contribution in [0.2, 0.25) is 5.02 Å². The maximum atomic E-state index is 13.1. The third-order valence-corrected chi connectivity index (χ3v) is 6.75. The van der Waals surface area contributed by atoms with Crippen molar-refractivity contribution in [3.8, 4) is 0 Å². The van der Waals surface area contributed by atoms with Gasteiger partial charge in [0.2, 0.25) is 5.91 Å². The lowest BCUT2D eigenvalue weighted by Gasteiger charge is -2.37. The first-order chi connectivity index (χ1) is 11.8. The van der Waals surface area contributed by atoms with E-state index in [9.17, 15) is 17.6 Å². The summed E-state index contributed by atoms with van der Waals surface area (Å²) in [5.74, 6) is -0.110. The van der Waals surface area contributed by atoms with Gasteiger partial charge in [-0.25, -0.2) is 12.8 Å². The van der Waals surface area contributed by atoms with Crippen LogP contribution < -0.4 is 0 Å². The van der Waals surface area contributed by atoms with E-state index in [1.165, 1.54) is 18.2 Å². The van der Waals surface area contributed by atoms with E-state index in [0.717, 1.165) is 0 Å². The molecule has 0 bridgehead atoms. The molecule has 1 amide bonds. The van der Waals surface area contributed by atoms with Gasteiger partial charge in [0.15, 0.2) is 9.84 Å². The number of hydrogen-bond acceptors (Lipinski definition) is 4. The number of amides is 1. The minimum atomic E-state index is -2.89. The number of rotatable bonds is 3. The fraction of sp³-hybridized carbons (Fsp3) is 0.471. The average Bonchev–Trinajstić information content (AvgIpc) is 2.96. The van der Waals surface area contributed by atoms with Crippen molar-refractivity contribution >= 4 is 33.4 Å². The van der Waals surface area contributed by atoms with Crippen molar-refractivity contribution in [1.29, 1.82) is 0 Å². The number of piperazine rings is 1. The van der Waals surface area contributed by atoms with E-state index in [0.29, 0.717) is 38.2 Å².